The molecule has 0 fully saturated rings. The minimum absolute atomic E-state index is 0.0426. The fourth-order valence-electron chi connectivity index (χ4n) is 1.88. The van der Waals surface area contributed by atoms with Gasteiger partial charge >= 0.3 is 0 Å². The van der Waals surface area contributed by atoms with Crippen LogP contribution in [0.15, 0.2) is 12.3 Å². The predicted molar refractivity (Wildman–Crippen MR) is 79.6 cm³/mol. The number of amides is 1. The number of hydrogen-bond donors (Lipinski definition) is 1. The van der Waals surface area contributed by atoms with Gasteiger partial charge in [0.1, 0.15) is 0 Å². The molecule has 1 heterocycles. The van der Waals surface area contributed by atoms with Crippen molar-refractivity contribution in [2.24, 2.45) is 0 Å². The molecule has 0 aliphatic carbocycles. The average molecular weight is 262 g/mol. The van der Waals surface area contributed by atoms with E-state index >= 15 is 0 Å². The maximum Gasteiger partial charge on any atom is 0.253 e. The summed E-state index contributed by atoms with van der Waals surface area (Å²) in [5, 5.41) is 3.00. The van der Waals surface area contributed by atoms with Crippen LogP contribution in [-0.2, 0) is 0 Å². The lowest BCUT2D eigenvalue weighted by Gasteiger charge is -2.22. The number of carbonyl (C=O) groups is 1. The van der Waals surface area contributed by atoms with Crippen molar-refractivity contribution in [1.29, 1.82) is 0 Å². The summed E-state index contributed by atoms with van der Waals surface area (Å²) in [4.78, 5) is 16.7. The molecule has 1 N–H and O–H groups in total. The van der Waals surface area contributed by atoms with Gasteiger partial charge in [0.15, 0.2) is 0 Å². The summed E-state index contributed by atoms with van der Waals surface area (Å²) in [6, 6.07) is 2.06. The number of hydrogen-bond acceptors (Lipinski definition) is 2. The van der Waals surface area contributed by atoms with Crippen molar-refractivity contribution < 1.29 is 4.79 Å². The van der Waals surface area contributed by atoms with Gasteiger partial charge in [0.05, 0.1) is 5.56 Å². The van der Waals surface area contributed by atoms with Gasteiger partial charge in [-0.3, -0.25) is 9.78 Å². The fraction of sp³-hybridized carbons (Fsp3) is 0.625. The van der Waals surface area contributed by atoms with Crippen LogP contribution >= 0.6 is 0 Å². The molecular formula is C16H26N2O. The highest BCUT2D eigenvalue weighted by atomic mass is 16.1. The zero-order valence-corrected chi connectivity index (χ0v) is 13.2. The lowest BCUT2D eigenvalue weighted by atomic mass is 9.95. The van der Waals surface area contributed by atoms with Crippen LogP contribution in [0.2, 0.25) is 0 Å². The van der Waals surface area contributed by atoms with Gasteiger partial charge in [-0.1, -0.05) is 27.7 Å². The van der Waals surface area contributed by atoms with Crippen molar-refractivity contribution in [1.82, 2.24) is 10.3 Å². The van der Waals surface area contributed by atoms with Gasteiger partial charge < -0.3 is 5.32 Å². The fourth-order valence-corrected chi connectivity index (χ4v) is 1.88. The van der Waals surface area contributed by atoms with Gasteiger partial charge in [-0.2, -0.15) is 0 Å². The van der Waals surface area contributed by atoms with Crippen molar-refractivity contribution in [2.45, 2.75) is 65.8 Å². The van der Waals surface area contributed by atoms with E-state index in [-0.39, 0.29) is 11.4 Å². The van der Waals surface area contributed by atoms with Crippen LogP contribution < -0.4 is 5.32 Å². The summed E-state index contributed by atoms with van der Waals surface area (Å²) >= 11 is 0. The van der Waals surface area contributed by atoms with E-state index in [4.69, 9.17) is 0 Å². The molecule has 0 saturated heterocycles. The molecular weight excluding hydrogens is 236 g/mol. The molecule has 3 nitrogen and oxygen atoms in total. The van der Waals surface area contributed by atoms with Crippen LogP contribution in [0, 0.1) is 0 Å². The molecule has 0 spiro atoms. The Balaban J connectivity index is 3.17. The molecule has 0 aromatic carbocycles. The highest BCUT2D eigenvalue weighted by molar-refractivity contribution is 5.96. The Kier molecular flexibility index (Phi) is 4.72. The average Bonchev–Trinajstić information content (AvgIpc) is 2.25. The SMILES string of the molecule is CC(C)c1cc(C(C)C)c(C(=O)NC(C)(C)C)cn1. The lowest BCUT2D eigenvalue weighted by Crippen LogP contribution is -2.41. The van der Waals surface area contributed by atoms with Crippen molar-refractivity contribution in [3.63, 3.8) is 0 Å². The van der Waals surface area contributed by atoms with Crippen LogP contribution in [0.5, 0.6) is 0 Å². The third kappa shape index (κ3) is 4.34. The molecule has 0 radical (unpaired) electrons. The summed E-state index contributed by atoms with van der Waals surface area (Å²) in [5.41, 5.74) is 2.56. The van der Waals surface area contributed by atoms with E-state index in [1.54, 1.807) is 6.20 Å². The molecule has 19 heavy (non-hydrogen) atoms. The van der Waals surface area contributed by atoms with Crippen LogP contribution in [0.25, 0.3) is 0 Å². The lowest BCUT2D eigenvalue weighted by molar-refractivity contribution is 0.0918. The van der Waals surface area contributed by atoms with Gasteiger partial charge in [-0.25, -0.2) is 0 Å². The Morgan fingerprint density at radius 1 is 1.16 bits per heavy atom. The predicted octanol–water partition coefficient (Wildman–Crippen LogP) is 3.86. The number of carbonyl (C=O) groups excluding carboxylic acids is 1. The van der Waals surface area contributed by atoms with Crippen LogP contribution in [0.4, 0.5) is 0 Å². The monoisotopic (exact) mass is 262 g/mol. The van der Waals surface area contributed by atoms with Crippen molar-refractivity contribution in [3.05, 3.63) is 29.1 Å². The summed E-state index contributed by atoms with van der Waals surface area (Å²) in [7, 11) is 0. The van der Waals surface area contributed by atoms with Gasteiger partial charge in [0.2, 0.25) is 0 Å². The molecule has 0 aliphatic rings. The summed E-state index contributed by atoms with van der Waals surface area (Å²) in [5.74, 6) is 0.637. The van der Waals surface area contributed by atoms with Crippen LogP contribution in [0.1, 0.15) is 81.9 Å². The van der Waals surface area contributed by atoms with Crippen LogP contribution in [-0.4, -0.2) is 16.4 Å². The highest BCUT2D eigenvalue weighted by Crippen LogP contribution is 2.23. The van der Waals surface area contributed by atoms with E-state index < -0.39 is 0 Å². The van der Waals surface area contributed by atoms with E-state index in [1.165, 1.54) is 0 Å². The minimum Gasteiger partial charge on any atom is -0.347 e. The van der Waals surface area contributed by atoms with Gasteiger partial charge in [0.25, 0.3) is 5.91 Å². The highest BCUT2D eigenvalue weighted by Gasteiger charge is 2.20. The number of nitrogens with one attached hydrogen (secondary N) is 1. The summed E-state index contributed by atoms with van der Waals surface area (Å²) in [6.07, 6.45) is 1.71. The summed E-state index contributed by atoms with van der Waals surface area (Å²) < 4.78 is 0. The number of nitrogens with zero attached hydrogens (tertiary/aromatic N) is 1. The number of pyridine rings is 1. The Morgan fingerprint density at radius 2 is 1.74 bits per heavy atom. The number of aromatic nitrogens is 1. The second kappa shape index (κ2) is 5.72. The standard InChI is InChI=1S/C16H26N2O/c1-10(2)12-8-14(11(3)4)17-9-13(12)15(19)18-16(5,6)7/h8-11H,1-7H3,(H,18,19). The molecule has 0 unspecified atom stereocenters. The zero-order valence-electron chi connectivity index (χ0n) is 13.2. The van der Waals surface area contributed by atoms with E-state index in [2.05, 4.69) is 44.1 Å². The number of rotatable bonds is 3. The van der Waals surface area contributed by atoms with Gasteiger partial charge in [-0.15, -0.1) is 0 Å². The third-order valence-corrected chi connectivity index (χ3v) is 2.90. The molecule has 106 valence electrons. The van der Waals surface area contributed by atoms with E-state index in [0.717, 1.165) is 11.3 Å². The maximum atomic E-state index is 12.3. The minimum atomic E-state index is -0.234. The molecule has 0 atom stereocenters. The maximum absolute atomic E-state index is 12.3. The Hall–Kier alpha value is -1.38. The third-order valence-electron chi connectivity index (χ3n) is 2.90. The van der Waals surface area contributed by atoms with Crippen molar-refractivity contribution in [3.8, 4) is 0 Å². The molecule has 0 bridgehead atoms. The Bertz CT molecular complexity index is 456. The first-order chi connectivity index (χ1) is 8.61. The van der Waals surface area contributed by atoms with Crippen molar-refractivity contribution >= 4 is 5.91 Å². The van der Waals surface area contributed by atoms with Crippen LogP contribution in [0.3, 0.4) is 0 Å². The van der Waals surface area contributed by atoms with E-state index in [9.17, 15) is 4.79 Å². The Labute approximate surface area is 116 Å². The second-order valence-electron chi connectivity index (χ2n) is 6.71. The molecule has 3 heteroatoms. The van der Waals surface area contributed by atoms with Gasteiger partial charge in [-0.05, 0) is 44.2 Å². The molecule has 0 aliphatic heterocycles. The smallest absolute Gasteiger partial charge is 0.253 e. The normalized spacial score (nSPS) is 12.1. The molecule has 1 aromatic heterocycles. The first kappa shape index (κ1) is 15.7. The largest absolute Gasteiger partial charge is 0.347 e. The second-order valence-corrected chi connectivity index (χ2v) is 6.71. The Morgan fingerprint density at radius 3 is 2.16 bits per heavy atom. The van der Waals surface area contributed by atoms with E-state index in [0.29, 0.717) is 17.4 Å². The quantitative estimate of drug-likeness (QED) is 0.898. The summed E-state index contributed by atoms with van der Waals surface area (Å²) in [6.45, 7) is 14.4. The molecule has 1 amide bonds. The van der Waals surface area contributed by atoms with E-state index in [1.807, 2.05) is 20.8 Å². The first-order valence-corrected chi connectivity index (χ1v) is 6.94. The zero-order chi connectivity index (χ0) is 14.8. The topological polar surface area (TPSA) is 42.0 Å². The molecule has 1 rings (SSSR count). The molecule has 1 aromatic rings. The molecule has 0 saturated carbocycles. The first-order valence-electron chi connectivity index (χ1n) is 6.94. The van der Waals surface area contributed by atoms with Crippen molar-refractivity contribution in [2.75, 3.05) is 0 Å². The van der Waals surface area contributed by atoms with Gasteiger partial charge in [0, 0.05) is 17.4 Å².